The SMILES string of the molecule is Cc1ccc(C)c(C(Cl)C#N)c1. The number of nitriles is 1. The summed E-state index contributed by atoms with van der Waals surface area (Å²) in [6, 6.07) is 7.97. The molecule has 1 unspecified atom stereocenters. The van der Waals surface area contributed by atoms with Crippen LogP contribution in [0.5, 0.6) is 0 Å². The fraction of sp³-hybridized carbons (Fsp3) is 0.300. The van der Waals surface area contributed by atoms with Gasteiger partial charge in [0.2, 0.25) is 0 Å². The first-order valence-electron chi connectivity index (χ1n) is 3.76. The van der Waals surface area contributed by atoms with Crippen molar-refractivity contribution in [2.75, 3.05) is 0 Å². The molecule has 0 heterocycles. The van der Waals surface area contributed by atoms with Gasteiger partial charge in [0.05, 0.1) is 6.07 Å². The van der Waals surface area contributed by atoms with Crippen molar-refractivity contribution in [1.82, 2.24) is 0 Å². The number of benzene rings is 1. The smallest absolute Gasteiger partial charge is 0.145 e. The minimum atomic E-state index is -0.523. The summed E-state index contributed by atoms with van der Waals surface area (Å²) in [4.78, 5) is 0. The molecule has 62 valence electrons. The Morgan fingerprint density at radius 1 is 1.42 bits per heavy atom. The molecule has 1 aromatic carbocycles. The van der Waals surface area contributed by atoms with Gasteiger partial charge in [-0.25, -0.2) is 0 Å². The van der Waals surface area contributed by atoms with Crippen LogP contribution in [0.3, 0.4) is 0 Å². The third-order valence-electron chi connectivity index (χ3n) is 1.82. The van der Waals surface area contributed by atoms with E-state index in [2.05, 4.69) is 0 Å². The Morgan fingerprint density at radius 2 is 2.08 bits per heavy atom. The number of halogens is 1. The molecule has 0 bridgehead atoms. The molecule has 0 radical (unpaired) electrons. The zero-order chi connectivity index (χ0) is 9.14. The second-order valence-corrected chi connectivity index (χ2v) is 3.29. The van der Waals surface area contributed by atoms with Crippen LogP contribution >= 0.6 is 11.6 Å². The summed E-state index contributed by atoms with van der Waals surface area (Å²) in [5.74, 6) is 0. The van der Waals surface area contributed by atoms with Gasteiger partial charge in [-0.1, -0.05) is 23.8 Å². The van der Waals surface area contributed by atoms with Gasteiger partial charge in [0, 0.05) is 0 Å². The second-order valence-electron chi connectivity index (χ2n) is 2.85. The number of rotatable bonds is 1. The molecular weight excluding hydrogens is 170 g/mol. The third kappa shape index (κ3) is 1.78. The fourth-order valence-corrected chi connectivity index (χ4v) is 1.34. The minimum absolute atomic E-state index is 0.523. The lowest BCUT2D eigenvalue weighted by atomic mass is 10.0. The van der Waals surface area contributed by atoms with E-state index in [-0.39, 0.29) is 0 Å². The lowest BCUT2D eigenvalue weighted by Gasteiger charge is -2.06. The minimum Gasteiger partial charge on any atom is -0.196 e. The average molecular weight is 180 g/mol. The summed E-state index contributed by atoms with van der Waals surface area (Å²) in [5, 5.41) is 8.10. The van der Waals surface area contributed by atoms with E-state index in [1.807, 2.05) is 38.1 Å². The van der Waals surface area contributed by atoms with E-state index in [9.17, 15) is 0 Å². The first-order chi connectivity index (χ1) is 5.65. The Balaban J connectivity index is 3.15. The number of alkyl halides is 1. The summed E-state index contributed by atoms with van der Waals surface area (Å²) in [6.45, 7) is 3.95. The molecule has 0 saturated heterocycles. The third-order valence-corrected chi connectivity index (χ3v) is 2.15. The second kappa shape index (κ2) is 3.60. The van der Waals surface area contributed by atoms with E-state index in [0.29, 0.717) is 0 Å². The Bertz CT molecular complexity index is 325. The van der Waals surface area contributed by atoms with Crippen LogP contribution in [0.2, 0.25) is 0 Å². The number of aryl methyl sites for hydroxylation is 2. The van der Waals surface area contributed by atoms with Crippen molar-refractivity contribution < 1.29 is 0 Å². The van der Waals surface area contributed by atoms with Gasteiger partial charge in [-0.15, -0.1) is 11.6 Å². The van der Waals surface area contributed by atoms with Crippen molar-refractivity contribution in [3.63, 3.8) is 0 Å². The molecule has 12 heavy (non-hydrogen) atoms. The quantitative estimate of drug-likeness (QED) is 0.608. The van der Waals surface area contributed by atoms with Crippen LogP contribution in [0.4, 0.5) is 0 Å². The van der Waals surface area contributed by atoms with E-state index in [4.69, 9.17) is 16.9 Å². The average Bonchev–Trinajstić information content (AvgIpc) is 2.08. The molecule has 0 saturated carbocycles. The first-order valence-corrected chi connectivity index (χ1v) is 4.19. The lowest BCUT2D eigenvalue weighted by Crippen LogP contribution is -1.91. The van der Waals surface area contributed by atoms with Gasteiger partial charge in [-0.2, -0.15) is 5.26 Å². The van der Waals surface area contributed by atoms with Crippen molar-refractivity contribution in [1.29, 1.82) is 5.26 Å². The molecular formula is C10H10ClN. The summed E-state index contributed by atoms with van der Waals surface area (Å²) in [7, 11) is 0. The molecule has 0 aliphatic heterocycles. The van der Waals surface area contributed by atoms with E-state index in [0.717, 1.165) is 16.7 Å². The number of hydrogen-bond donors (Lipinski definition) is 0. The molecule has 0 spiro atoms. The Hall–Kier alpha value is -1.00. The zero-order valence-corrected chi connectivity index (χ0v) is 7.89. The van der Waals surface area contributed by atoms with Crippen molar-refractivity contribution in [3.05, 3.63) is 34.9 Å². The largest absolute Gasteiger partial charge is 0.196 e. The molecule has 0 aliphatic rings. The maximum atomic E-state index is 8.62. The van der Waals surface area contributed by atoms with Gasteiger partial charge in [0.25, 0.3) is 0 Å². The predicted octanol–water partition coefficient (Wildman–Crippen LogP) is 3.11. The Kier molecular flexibility index (Phi) is 2.73. The van der Waals surface area contributed by atoms with Crippen LogP contribution in [0.25, 0.3) is 0 Å². The van der Waals surface area contributed by atoms with Crippen molar-refractivity contribution >= 4 is 11.6 Å². The van der Waals surface area contributed by atoms with Crippen molar-refractivity contribution in [2.45, 2.75) is 19.2 Å². The summed E-state index contributed by atoms with van der Waals surface area (Å²) in [6.07, 6.45) is 0. The Morgan fingerprint density at radius 3 is 2.67 bits per heavy atom. The Labute approximate surface area is 77.6 Å². The van der Waals surface area contributed by atoms with Crippen LogP contribution in [0.1, 0.15) is 22.1 Å². The summed E-state index contributed by atoms with van der Waals surface area (Å²) >= 11 is 5.81. The fourth-order valence-electron chi connectivity index (χ4n) is 1.10. The van der Waals surface area contributed by atoms with Gasteiger partial charge in [-0.05, 0) is 25.0 Å². The normalized spacial score (nSPS) is 12.2. The van der Waals surface area contributed by atoms with Crippen LogP contribution in [0, 0.1) is 25.2 Å². The molecule has 1 aromatic rings. The maximum absolute atomic E-state index is 8.62. The van der Waals surface area contributed by atoms with E-state index in [1.165, 1.54) is 0 Å². The molecule has 0 N–H and O–H groups in total. The lowest BCUT2D eigenvalue weighted by molar-refractivity contribution is 1.16. The predicted molar refractivity (Wildman–Crippen MR) is 50.1 cm³/mol. The highest BCUT2D eigenvalue weighted by atomic mass is 35.5. The van der Waals surface area contributed by atoms with Gasteiger partial charge >= 0.3 is 0 Å². The monoisotopic (exact) mass is 179 g/mol. The van der Waals surface area contributed by atoms with E-state index in [1.54, 1.807) is 0 Å². The molecule has 0 aliphatic carbocycles. The highest BCUT2D eigenvalue weighted by molar-refractivity contribution is 6.22. The van der Waals surface area contributed by atoms with E-state index < -0.39 is 5.38 Å². The van der Waals surface area contributed by atoms with Crippen LogP contribution in [-0.4, -0.2) is 0 Å². The molecule has 1 atom stereocenters. The standard InChI is InChI=1S/C10H10ClN/c1-7-3-4-8(2)9(5-7)10(11)6-12/h3-5,10H,1-2H3. The van der Waals surface area contributed by atoms with Gasteiger partial charge < -0.3 is 0 Å². The van der Waals surface area contributed by atoms with Crippen molar-refractivity contribution in [3.8, 4) is 6.07 Å². The molecule has 0 amide bonds. The van der Waals surface area contributed by atoms with Crippen LogP contribution in [-0.2, 0) is 0 Å². The van der Waals surface area contributed by atoms with Crippen LogP contribution < -0.4 is 0 Å². The molecule has 0 fully saturated rings. The molecule has 1 rings (SSSR count). The van der Waals surface area contributed by atoms with Gasteiger partial charge in [0.15, 0.2) is 0 Å². The van der Waals surface area contributed by atoms with Crippen molar-refractivity contribution in [2.24, 2.45) is 0 Å². The van der Waals surface area contributed by atoms with Gasteiger partial charge in [-0.3, -0.25) is 0 Å². The van der Waals surface area contributed by atoms with Crippen LogP contribution in [0.15, 0.2) is 18.2 Å². The van der Waals surface area contributed by atoms with E-state index >= 15 is 0 Å². The number of hydrogen-bond acceptors (Lipinski definition) is 1. The maximum Gasteiger partial charge on any atom is 0.145 e. The summed E-state index contributed by atoms with van der Waals surface area (Å²) in [5.41, 5.74) is 3.12. The molecule has 2 heteroatoms. The first kappa shape index (κ1) is 9.09. The summed E-state index contributed by atoms with van der Waals surface area (Å²) < 4.78 is 0. The highest BCUT2D eigenvalue weighted by Gasteiger charge is 2.08. The number of nitrogens with zero attached hydrogens (tertiary/aromatic N) is 1. The zero-order valence-electron chi connectivity index (χ0n) is 7.13. The molecule has 1 nitrogen and oxygen atoms in total. The molecule has 0 aromatic heterocycles. The topological polar surface area (TPSA) is 23.8 Å². The van der Waals surface area contributed by atoms with Gasteiger partial charge in [0.1, 0.15) is 5.38 Å². The highest BCUT2D eigenvalue weighted by Crippen LogP contribution is 2.23.